The van der Waals surface area contributed by atoms with Gasteiger partial charge in [0.05, 0.1) is 6.10 Å². The lowest BCUT2D eigenvalue weighted by Crippen LogP contribution is -2.12. The minimum atomic E-state index is -0.351. The van der Waals surface area contributed by atoms with Crippen molar-refractivity contribution in [3.8, 4) is 0 Å². The lowest BCUT2D eigenvalue weighted by molar-refractivity contribution is 0.252. The first kappa shape index (κ1) is 9.47. The van der Waals surface area contributed by atoms with Gasteiger partial charge in [-0.3, -0.25) is 0 Å². The highest BCUT2D eigenvalue weighted by Crippen LogP contribution is 2.32. The maximum atomic E-state index is 9.74. The molecular weight excluding hydrogens is 172 g/mol. The van der Waals surface area contributed by atoms with Crippen molar-refractivity contribution in [2.75, 3.05) is 0 Å². The van der Waals surface area contributed by atoms with Crippen LogP contribution in [0.5, 0.6) is 0 Å². The molecule has 1 N–H and O–H groups in total. The van der Waals surface area contributed by atoms with Crippen molar-refractivity contribution in [3.05, 3.63) is 41.0 Å². The summed E-state index contributed by atoms with van der Waals surface area (Å²) < 4.78 is 0. The van der Waals surface area contributed by atoms with Gasteiger partial charge >= 0.3 is 0 Å². The smallest absolute Gasteiger partial charge is 0.0767 e. The van der Waals surface area contributed by atoms with E-state index in [1.807, 2.05) is 13.0 Å². The van der Waals surface area contributed by atoms with Gasteiger partial charge in [-0.15, -0.1) is 0 Å². The molecule has 0 bridgehead atoms. The van der Waals surface area contributed by atoms with Crippen LogP contribution in [0, 0.1) is 0 Å². The molecule has 1 aromatic carbocycles. The molecule has 1 atom stereocenters. The number of hydrogen-bond donors (Lipinski definition) is 1. The van der Waals surface area contributed by atoms with E-state index in [1.165, 1.54) is 16.7 Å². The Labute approximate surface area is 85.1 Å². The standard InChI is InChI=1S/C13H16O/c1-9-7-8-11-5-3-4-6-12(11)13(9)10(2)14/h3-6,10,14H,7-8H2,1-2H3/t10-/m0/s1. The second-order valence-corrected chi connectivity index (χ2v) is 4.03. The van der Waals surface area contributed by atoms with Gasteiger partial charge in [0.2, 0.25) is 0 Å². The first-order chi connectivity index (χ1) is 6.70. The van der Waals surface area contributed by atoms with Crippen LogP contribution in [0.4, 0.5) is 0 Å². The number of benzene rings is 1. The van der Waals surface area contributed by atoms with Gasteiger partial charge in [0.1, 0.15) is 0 Å². The quantitative estimate of drug-likeness (QED) is 0.718. The Morgan fingerprint density at radius 3 is 2.64 bits per heavy atom. The third kappa shape index (κ3) is 1.48. The Kier molecular flexibility index (Phi) is 2.42. The van der Waals surface area contributed by atoms with E-state index >= 15 is 0 Å². The van der Waals surface area contributed by atoms with Gasteiger partial charge in [-0.25, -0.2) is 0 Å². The Morgan fingerprint density at radius 2 is 1.93 bits per heavy atom. The van der Waals surface area contributed by atoms with Crippen LogP contribution in [0.3, 0.4) is 0 Å². The monoisotopic (exact) mass is 188 g/mol. The zero-order valence-electron chi connectivity index (χ0n) is 8.75. The molecule has 1 nitrogen and oxygen atoms in total. The van der Waals surface area contributed by atoms with Gasteiger partial charge in [-0.1, -0.05) is 29.8 Å². The zero-order valence-corrected chi connectivity index (χ0v) is 8.75. The predicted octanol–water partition coefficient (Wildman–Crippen LogP) is 2.79. The van der Waals surface area contributed by atoms with Crippen molar-refractivity contribution in [3.63, 3.8) is 0 Å². The maximum Gasteiger partial charge on any atom is 0.0767 e. The molecule has 14 heavy (non-hydrogen) atoms. The molecule has 0 saturated heterocycles. The Hall–Kier alpha value is -1.08. The van der Waals surface area contributed by atoms with Gasteiger partial charge in [0, 0.05) is 0 Å². The van der Waals surface area contributed by atoms with Crippen molar-refractivity contribution >= 4 is 5.57 Å². The van der Waals surface area contributed by atoms with Gasteiger partial charge in [-0.05, 0) is 43.4 Å². The molecule has 1 aromatic rings. The van der Waals surface area contributed by atoms with Crippen LogP contribution in [-0.4, -0.2) is 11.2 Å². The molecule has 0 spiro atoms. The summed E-state index contributed by atoms with van der Waals surface area (Å²) in [6, 6.07) is 8.38. The van der Waals surface area contributed by atoms with Gasteiger partial charge in [0.25, 0.3) is 0 Å². The van der Waals surface area contributed by atoms with Crippen LogP contribution in [0.1, 0.15) is 31.4 Å². The van der Waals surface area contributed by atoms with Gasteiger partial charge in [-0.2, -0.15) is 0 Å². The Bertz CT molecular complexity index is 375. The fourth-order valence-electron chi connectivity index (χ4n) is 2.27. The third-order valence-corrected chi connectivity index (χ3v) is 2.95. The van der Waals surface area contributed by atoms with Crippen molar-refractivity contribution in [2.45, 2.75) is 32.8 Å². The maximum absolute atomic E-state index is 9.74. The van der Waals surface area contributed by atoms with E-state index in [-0.39, 0.29) is 6.10 Å². The summed E-state index contributed by atoms with van der Waals surface area (Å²) in [5.74, 6) is 0. The molecule has 1 aliphatic carbocycles. The van der Waals surface area contributed by atoms with E-state index in [0.717, 1.165) is 18.4 Å². The molecule has 0 amide bonds. The Balaban J connectivity index is 2.56. The summed E-state index contributed by atoms with van der Waals surface area (Å²) in [6.45, 7) is 3.97. The van der Waals surface area contributed by atoms with Crippen LogP contribution in [-0.2, 0) is 6.42 Å². The minimum absolute atomic E-state index is 0.351. The molecule has 74 valence electrons. The molecular formula is C13H16O. The molecule has 1 heteroatoms. The summed E-state index contributed by atoms with van der Waals surface area (Å²) >= 11 is 0. The van der Waals surface area contributed by atoms with Gasteiger partial charge < -0.3 is 5.11 Å². The van der Waals surface area contributed by atoms with Crippen molar-refractivity contribution in [2.24, 2.45) is 0 Å². The number of aliphatic hydroxyl groups is 1. The second-order valence-electron chi connectivity index (χ2n) is 4.03. The molecule has 0 heterocycles. The fourth-order valence-corrected chi connectivity index (χ4v) is 2.27. The van der Waals surface area contributed by atoms with E-state index in [1.54, 1.807) is 0 Å². The number of rotatable bonds is 1. The average molecular weight is 188 g/mol. The van der Waals surface area contributed by atoms with E-state index in [2.05, 4.69) is 25.1 Å². The second kappa shape index (κ2) is 3.58. The molecule has 0 fully saturated rings. The minimum Gasteiger partial charge on any atom is -0.389 e. The van der Waals surface area contributed by atoms with E-state index in [9.17, 15) is 5.11 Å². The van der Waals surface area contributed by atoms with Crippen LogP contribution in [0.25, 0.3) is 5.57 Å². The summed E-state index contributed by atoms with van der Waals surface area (Å²) in [5, 5.41) is 9.74. The lowest BCUT2D eigenvalue weighted by atomic mass is 9.84. The summed E-state index contributed by atoms with van der Waals surface area (Å²) in [6.07, 6.45) is 1.84. The third-order valence-electron chi connectivity index (χ3n) is 2.95. The number of hydrogen-bond acceptors (Lipinski definition) is 1. The number of aliphatic hydroxyl groups excluding tert-OH is 1. The molecule has 0 saturated carbocycles. The number of allylic oxidation sites excluding steroid dienone is 1. The fraction of sp³-hybridized carbons (Fsp3) is 0.385. The zero-order chi connectivity index (χ0) is 10.1. The van der Waals surface area contributed by atoms with Crippen LogP contribution < -0.4 is 0 Å². The molecule has 0 unspecified atom stereocenters. The normalized spacial score (nSPS) is 17.9. The number of fused-ring (bicyclic) bond motifs is 1. The molecule has 0 radical (unpaired) electrons. The van der Waals surface area contributed by atoms with Crippen LogP contribution >= 0.6 is 0 Å². The molecule has 1 aliphatic rings. The highest BCUT2D eigenvalue weighted by Gasteiger charge is 2.18. The Morgan fingerprint density at radius 1 is 1.21 bits per heavy atom. The topological polar surface area (TPSA) is 20.2 Å². The van der Waals surface area contributed by atoms with Crippen LogP contribution in [0.2, 0.25) is 0 Å². The highest BCUT2D eigenvalue weighted by molar-refractivity contribution is 5.75. The summed E-state index contributed by atoms with van der Waals surface area (Å²) in [4.78, 5) is 0. The largest absolute Gasteiger partial charge is 0.389 e. The highest BCUT2D eigenvalue weighted by atomic mass is 16.3. The SMILES string of the molecule is CC1=C([C@H](C)O)c2ccccc2CC1. The number of aryl methyl sites for hydroxylation is 1. The predicted molar refractivity (Wildman–Crippen MR) is 59.0 cm³/mol. The van der Waals surface area contributed by atoms with Crippen molar-refractivity contribution in [1.29, 1.82) is 0 Å². The van der Waals surface area contributed by atoms with Gasteiger partial charge in [0.15, 0.2) is 0 Å². The molecule has 0 aliphatic heterocycles. The van der Waals surface area contributed by atoms with Crippen molar-refractivity contribution < 1.29 is 5.11 Å². The van der Waals surface area contributed by atoms with E-state index in [0.29, 0.717) is 0 Å². The lowest BCUT2D eigenvalue weighted by Gasteiger charge is -2.23. The summed E-state index contributed by atoms with van der Waals surface area (Å²) in [5.41, 5.74) is 5.07. The van der Waals surface area contributed by atoms with E-state index in [4.69, 9.17) is 0 Å². The first-order valence-corrected chi connectivity index (χ1v) is 5.16. The summed E-state index contributed by atoms with van der Waals surface area (Å²) in [7, 11) is 0. The van der Waals surface area contributed by atoms with Crippen LogP contribution in [0.15, 0.2) is 29.8 Å². The molecule has 2 rings (SSSR count). The van der Waals surface area contributed by atoms with E-state index < -0.39 is 0 Å². The van der Waals surface area contributed by atoms with Crippen molar-refractivity contribution in [1.82, 2.24) is 0 Å². The average Bonchev–Trinajstić information content (AvgIpc) is 2.17. The first-order valence-electron chi connectivity index (χ1n) is 5.16. The molecule has 0 aromatic heterocycles.